The van der Waals surface area contributed by atoms with Gasteiger partial charge in [0.1, 0.15) is 5.75 Å². The molecular formula is C11H17NO4S. The molecule has 96 valence electrons. The molecule has 0 saturated heterocycles. The standard InChI is InChI=1S/C11H17NO4S/c1-15-6-8(13)3-4-12-11(14)10-5-9(16-2)7-17-10/h5,7-8,13H,3-4,6H2,1-2H3,(H,12,14). The number of thiophene rings is 1. The SMILES string of the molecule is COCC(O)CCNC(=O)c1cc(OC)cs1. The Bertz CT molecular complexity index is 353. The number of aliphatic hydroxyl groups excluding tert-OH is 1. The first kappa shape index (κ1) is 14.0. The molecule has 1 atom stereocenters. The summed E-state index contributed by atoms with van der Waals surface area (Å²) < 4.78 is 9.78. The lowest BCUT2D eigenvalue weighted by Gasteiger charge is -2.09. The minimum atomic E-state index is -0.543. The fraction of sp³-hybridized carbons (Fsp3) is 0.545. The van der Waals surface area contributed by atoms with Crippen molar-refractivity contribution in [1.82, 2.24) is 5.32 Å². The Hall–Kier alpha value is -1.11. The van der Waals surface area contributed by atoms with E-state index in [4.69, 9.17) is 9.47 Å². The maximum Gasteiger partial charge on any atom is 0.261 e. The Labute approximate surface area is 104 Å². The van der Waals surface area contributed by atoms with Crippen molar-refractivity contribution in [3.05, 3.63) is 16.3 Å². The van der Waals surface area contributed by atoms with Gasteiger partial charge in [-0.1, -0.05) is 0 Å². The molecule has 1 aromatic heterocycles. The van der Waals surface area contributed by atoms with Gasteiger partial charge in [-0.25, -0.2) is 0 Å². The normalized spacial score (nSPS) is 12.2. The molecule has 5 nitrogen and oxygen atoms in total. The molecule has 0 aromatic carbocycles. The number of nitrogens with one attached hydrogen (secondary N) is 1. The lowest BCUT2D eigenvalue weighted by Crippen LogP contribution is -2.27. The second kappa shape index (κ2) is 7.26. The summed E-state index contributed by atoms with van der Waals surface area (Å²) in [7, 11) is 3.09. The molecule has 0 spiro atoms. The number of methoxy groups -OCH3 is 2. The zero-order valence-electron chi connectivity index (χ0n) is 9.93. The van der Waals surface area contributed by atoms with Crippen molar-refractivity contribution in [2.75, 3.05) is 27.4 Å². The summed E-state index contributed by atoms with van der Waals surface area (Å²) >= 11 is 1.33. The van der Waals surface area contributed by atoms with Crippen molar-refractivity contribution in [2.45, 2.75) is 12.5 Å². The van der Waals surface area contributed by atoms with Crippen LogP contribution in [0.2, 0.25) is 0 Å². The monoisotopic (exact) mass is 259 g/mol. The molecule has 1 rings (SSSR count). The summed E-state index contributed by atoms with van der Waals surface area (Å²) in [6, 6.07) is 1.69. The number of aliphatic hydroxyl groups is 1. The molecule has 1 amide bonds. The first-order valence-electron chi connectivity index (χ1n) is 5.25. The van der Waals surface area contributed by atoms with Crippen LogP contribution in [0.25, 0.3) is 0 Å². The number of hydrogen-bond acceptors (Lipinski definition) is 5. The molecule has 0 aliphatic carbocycles. The molecule has 0 radical (unpaired) electrons. The van der Waals surface area contributed by atoms with E-state index in [-0.39, 0.29) is 12.5 Å². The van der Waals surface area contributed by atoms with E-state index in [1.807, 2.05) is 0 Å². The van der Waals surface area contributed by atoms with Crippen LogP contribution in [-0.4, -0.2) is 44.5 Å². The summed E-state index contributed by atoms with van der Waals surface area (Å²) in [5.41, 5.74) is 0. The van der Waals surface area contributed by atoms with Crippen LogP contribution in [-0.2, 0) is 4.74 Å². The second-order valence-corrected chi connectivity index (χ2v) is 4.42. The first-order chi connectivity index (χ1) is 8.17. The molecule has 0 aliphatic heterocycles. The fourth-order valence-electron chi connectivity index (χ4n) is 1.26. The summed E-state index contributed by atoms with van der Waals surface area (Å²) in [6.07, 6.45) is -0.0691. The van der Waals surface area contributed by atoms with Crippen molar-refractivity contribution >= 4 is 17.2 Å². The molecule has 0 saturated carbocycles. The van der Waals surface area contributed by atoms with Gasteiger partial charge in [0.15, 0.2) is 0 Å². The van der Waals surface area contributed by atoms with Gasteiger partial charge in [0, 0.05) is 25.1 Å². The van der Waals surface area contributed by atoms with Crippen LogP contribution in [0.4, 0.5) is 0 Å². The van der Waals surface area contributed by atoms with E-state index < -0.39 is 6.10 Å². The lowest BCUT2D eigenvalue weighted by molar-refractivity contribution is 0.0588. The van der Waals surface area contributed by atoms with E-state index in [2.05, 4.69) is 5.32 Å². The van der Waals surface area contributed by atoms with Crippen LogP contribution in [0.3, 0.4) is 0 Å². The Balaban J connectivity index is 2.29. The number of rotatable bonds is 7. The van der Waals surface area contributed by atoms with Crippen LogP contribution in [0.1, 0.15) is 16.1 Å². The molecule has 1 aromatic rings. The number of ether oxygens (including phenoxy) is 2. The van der Waals surface area contributed by atoms with Crippen molar-refractivity contribution in [1.29, 1.82) is 0 Å². The van der Waals surface area contributed by atoms with Gasteiger partial charge < -0.3 is 19.9 Å². The Morgan fingerprint density at radius 1 is 1.59 bits per heavy atom. The van der Waals surface area contributed by atoms with Gasteiger partial charge in [-0.05, 0) is 6.42 Å². The molecule has 0 fully saturated rings. The largest absolute Gasteiger partial charge is 0.496 e. The zero-order chi connectivity index (χ0) is 12.7. The lowest BCUT2D eigenvalue weighted by atomic mass is 10.2. The molecule has 1 heterocycles. The summed E-state index contributed by atoms with van der Waals surface area (Å²) in [6.45, 7) is 0.701. The maximum atomic E-state index is 11.6. The highest BCUT2D eigenvalue weighted by molar-refractivity contribution is 7.12. The van der Waals surface area contributed by atoms with Crippen LogP contribution < -0.4 is 10.1 Å². The third-order valence-corrected chi connectivity index (χ3v) is 3.06. The molecule has 0 aliphatic rings. The topological polar surface area (TPSA) is 67.8 Å². The second-order valence-electron chi connectivity index (χ2n) is 3.50. The molecular weight excluding hydrogens is 242 g/mol. The van der Waals surface area contributed by atoms with Crippen LogP contribution in [0, 0.1) is 0 Å². The van der Waals surface area contributed by atoms with E-state index in [9.17, 15) is 9.90 Å². The Kier molecular flexibility index (Phi) is 5.96. The van der Waals surface area contributed by atoms with Gasteiger partial charge in [-0.15, -0.1) is 11.3 Å². The third kappa shape index (κ3) is 4.72. The smallest absolute Gasteiger partial charge is 0.261 e. The highest BCUT2D eigenvalue weighted by Gasteiger charge is 2.10. The number of amides is 1. The predicted octanol–water partition coefficient (Wildman–Crippen LogP) is 0.884. The maximum absolute atomic E-state index is 11.6. The average molecular weight is 259 g/mol. The van der Waals surface area contributed by atoms with Gasteiger partial charge in [0.2, 0.25) is 0 Å². The van der Waals surface area contributed by atoms with Crippen molar-refractivity contribution < 1.29 is 19.4 Å². The summed E-state index contributed by atoms with van der Waals surface area (Å²) in [5.74, 6) is 0.530. The van der Waals surface area contributed by atoms with E-state index in [1.165, 1.54) is 18.4 Å². The molecule has 17 heavy (non-hydrogen) atoms. The highest BCUT2D eigenvalue weighted by atomic mass is 32.1. The van der Waals surface area contributed by atoms with Gasteiger partial charge in [-0.2, -0.15) is 0 Å². The molecule has 1 unspecified atom stereocenters. The van der Waals surface area contributed by atoms with E-state index in [0.717, 1.165) is 0 Å². The average Bonchev–Trinajstić information content (AvgIpc) is 2.77. The fourth-order valence-corrected chi connectivity index (χ4v) is 2.03. The van der Waals surface area contributed by atoms with Crippen LogP contribution in [0.15, 0.2) is 11.4 Å². The zero-order valence-corrected chi connectivity index (χ0v) is 10.8. The van der Waals surface area contributed by atoms with E-state index in [1.54, 1.807) is 18.6 Å². The highest BCUT2D eigenvalue weighted by Crippen LogP contribution is 2.20. The van der Waals surface area contributed by atoms with Crippen LogP contribution in [0.5, 0.6) is 5.75 Å². The minimum absolute atomic E-state index is 0.150. The van der Waals surface area contributed by atoms with Gasteiger partial charge in [0.25, 0.3) is 5.91 Å². The molecule has 2 N–H and O–H groups in total. The van der Waals surface area contributed by atoms with Gasteiger partial charge in [0.05, 0.1) is 24.7 Å². The summed E-state index contributed by atoms with van der Waals surface area (Å²) in [4.78, 5) is 12.2. The Morgan fingerprint density at radius 3 is 2.94 bits per heavy atom. The van der Waals surface area contributed by atoms with Crippen LogP contribution >= 0.6 is 11.3 Å². The molecule has 0 bridgehead atoms. The number of carbonyl (C=O) groups is 1. The van der Waals surface area contributed by atoms with Gasteiger partial charge >= 0.3 is 0 Å². The van der Waals surface area contributed by atoms with E-state index in [0.29, 0.717) is 23.6 Å². The predicted molar refractivity (Wildman–Crippen MR) is 65.7 cm³/mol. The number of hydrogen-bond donors (Lipinski definition) is 2. The minimum Gasteiger partial charge on any atom is -0.496 e. The summed E-state index contributed by atoms with van der Waals surface area (Å²) in [5, 5.41) is 13.9. The number of carbonyl (C=O) groups excluding carboxylic acids is 1. The third-order valence-electron chi connectivity index (χ3n) is 2.16. The Morgan fingerprint density at radius 2 is 2.35 bits per heavy atom. The van der Waals surface area contributed by atoms with Crippen molar-refractivity contribution in [2.24, 2.45) is 0 Å². The quantitative estimate of drug-likeness (QED) is 0.763. The molecule has 6 heteroatoms. The van der Waals surface area contributed by atoms with E-state index >= 15 is 0 Å². The van der Waals surface area contributed by atoms with Crippen molar-refractivity contribution in [3.8, 4) is 5.75 Å². The van der Waals surface area contributed by atoms with Crippen molar-refractivity contribution in [3.63, 3.8) is 0 Å². The first-order valence-corrected chi connectivity index (χ1v) is 6.13. The van der Waals surface area contributed by atoms with Gasteiger partial charge in [-0.3, -0.25) is 4.79 Å².